The van der Waals surface area contributed by atoms with Crippen LogP contribution in [0.4, 0.5) is 4.39 Å². The van der Waals surface area contributed by atoms with Gasteiger partial charge in [-0.2, -0.15) is 0 Å². The van der Waals surface area contributed by atoms with Gasteiger partial charge in [-0.25, -0.2) is 4.39 Å². The summed E-state index contributed by atoms with van der Waals surface area (Å²) >= 11 is 0. The summed E-state index contributed by atoms with van der Waals surface area (Å²) in [6.07, 6.45) is 0.827. The molecule has 0 amide bonds. The van der Waals surface area contributed by atoms with Gasteiger partial charge in [0.15, 0.2) is 0 Å². The highest BCUT2D eigenvalue weighted by Crippen LogP contribution is 2.22. The molecule has 1 nitrogen and oxygen atoms in total. The van der Waals surface area contributed by atoms with Crippen LogP contribution in [0, 0.1) is 11.7 Å². The third-order valence-electron chi connectivity index (χ3n) is 3.72. The Kier molecular flexibility index (Phi) is 5.51. The number of hydrogen-bond acceptors (Lipinski definition) is 1. The Morgan fingerprint density at radius 2 is 1.67 bits per heavy atom. The molecular formula is C19H24FN. The first-order chi connectivity index (χ1) is 10.1. The molecule has 0 aliphatic carbocycles. The van der Waals surface area contributed by atoms with Gasteiger partial charge in [-0.3, -0.25) is 0 Å². The quantitative estimate of drug-likeness (QED) is 0.808. The molecule has 0 radical (unpaired) electrons. The molecule has 21 heavy (non-hydrogen) atoms. The summed E-state index contributed by atoms with van der Waals surface area (Å²) in [4.78, 5) is 0. The highest BCUT2D eigenvalue weighted by Gasteiger charge is 2.17. The highest BCUT2D eigenvalue weighted by atomic mass is 19.1. The van der Waals surface area contributed by atoms with Crippen LogP contribution < -0.4 is 5.32 Å². The minimum Gasteiger partial charge on any atom is -0.307 e. The second-order valence-corrected chi connectivity index (χ2v) is 6.03. The molecule has 0 fully saturated rings. The Morgan fingerprint density at radius 3 is 2.29 bits per heavy atom. The zero-order chi connectivity index (χ0) is 15.2. The molecule has 0 heterocycles. The number of benzene rings is 2. The number of halogens is 1. The zero-order valence-electron chi connectivity index (χ0n) is 13.0. The number of nitrogens with one attached hydrogen (secondary N) is 1. The maximum absolute atomic E-state index is 13.3. The smallest absolute Gasteiger partial charge is 0.123 e. The van der Waals surface area contributed by atoms with Crippen molar-refractivity contribution >= 4 is 0 Å². The van der Waals surface area contributed by atoms with Gasteiger partial charge < -0.3 is 5.32 Å². The van der Waals surface area contributed by atoms with Crippen molar-refractivity contribution in [3.05, 3.63) is 71.5 Å². The summed E-state index contributed by atoms with van der Waals surface area (Å²) < 4.78 is 13.3. The average Bonchev–Trinajstić information content (AvgIpc) is 2.45. The molecule has 0 spiro atoms. The van der Waals surface area contributed by atoms with Crippen LogP contribution in [0.5, 0.6) is 0 Å². The van der Waals surface area contributed by atoms with Gasteiger partial charge in [-0.1, -0.05) is 56.3 Å². The third kappa shape index (κ3) is 4.68. The van der Waals surface area contributed by atoms with Crippen LogP contribution in [-0.4, -0.2) is 6.04 Å². The monoisotopic (exact) mass is 285 g/mol. The first-order valence-electron chi connectivity index (χ1n) is 7.61. The molecule has 0 aliphatic rings. The van der Waals surface area contributed by atoms with Gasteiger partial charge in [-0.05, 0) is 42.5 Å². The van der Waals surface area contributed by atoms with E-state index in [9.17, 15) is 4.39 Å². The zero-order valence-corrected chi connectivity index (χ0v) is 13.0. The van der Waals surface area contributed by atoms with Gasteiger partial charge in [0.2, 0.25) is 0 Å². The van der Waals surface area contributed by atoms with Crippen molar-refractivity contribution in [1.29, 1.82) is 0 Å². The van der Waals surface area contributed by atoms with Crippen molar-refractivity contribution in [2.24, 2.45) is 5.92 Å². The minimum atomic E-state index is -0.164. The van der Waals surface area contributed by atoms with Crippen molar-refractivity contribution in [3.8, 4) is 0 Å². The molecule has 2 heteroatoms. The van der Waals surface area contributed by atoms with E-state index in [0.717, 1.165) is 12.0 Å². The summed E-state index contributed by atoms with van der Waals surface area (Å²) in [5, 5.41) is 3.68. The Labute approximate surface area is 127 Å². The van der Waals surface area contributed by atoms with E-state index in [1.807, 2.05) is 12.1 Å². The van der Waals surface area contributed by atoms with E-state index < -0.39 is 0 Å². The van der Waals surface area contributed by atoms with Crippen LogP contribution in [0.25, 0.3) is 0 Å². The third-order valence-corrected chi connectivity index (χ3v) is 3.72. The Hall–Kier alpha value is -1.67. The van der Waals surface area contributed by atoms with Crippen molar-refractivity contribution in [2.75, 3.05) is 0 Å². The van der Waals surface area contributed by atoms with Gasteiger partial charge in [0.05, 0.1) is 0 Å². The molecule has 1 N–H and O–H groups in total. The average molecular weight is 285 g/mol. The van der Waals surface area contributed by atoms with E-state index >= 15 is 0 Å². The molecule has 0 saturated heterocycles. The van der Waals surface area contributed by atoms with E-state index in [4.69, 9.17) is 0 Å². The largest absolute Gasteiger partial charge is 0.307 e. The lowest BCUT2D eigenvalue weighted by molar-refractivity contribution is 0.368. The number of rotatable bonds is 6. The molecule has 0 aliphatic heterocycles. The Bertz CT molecular complexity index is 551. The molecular weight excluding hydrogens is 261 g/mol. The van der Waals surface area contributed by atoms with E-state index in [1.165, 1.54) is 11.6 Å². The minimum absolute atomic E-state index is 0.164. The SMILES string of the molecule is CC(Cc1cccc(F)c1)NC(c1ccccc1)C(C)C. The van der Waals surface area contributed by atoms with Crippen molar-refractivity contribution in [3.63, 3.8) is 0 Å². The molecule has 2 unspecified atom stereocenters. The van der Waals surface area contributed by atoms with E-state index in [1.54, 1.807) is 12.1 Å². The predicted molar refractivity (Wildman–Crippen MR) is 86.7 cm³/mol. The van der Waals surface area contributed by atoms with Gasteiger partial charge in [0.1, 0.15) is 5.82 Å². The van der Waals surface area contributed by atoms with Crippen molar-refractivity contribution in [2.45, 2.75) is 39.3 Å². The first kappa shape index (κ1) is 15.7. The van der Waals surface area contributed by atoms with Crippen molar-refractivity contribution < 1.29 is 4.39 Å². The second-order valence-electron chi connectivity index (χ2n) is 6.03. The standard InChI is InChI=1S/C19H24FN/c1-14(2)19(17-9-5-4-6-10-17)21-15(3)12-16-8-7-11-18(20)13-16/h4-11,13-15,19,21H,12H2,1-3H3. The lowest BCUT2D eigenvalue weighted by atomic mass is 9.94. The molecule has 2 aromatic rings. The van der Waals surface area contributed by atoms with Crippen LogP contribution in [0.1, 0.15) is 37.9 Å². The molecule has 0 bridgehead atoms. The summed E-state index contributed by atoms with van der Waals surface area (Å²) in [5.41, 5.74) is 2.34. The normalized spacial score (nSPS) is 14.1. The lowest BCUT2D eigenvalue weighted by Crippen LogP contribution is -2.34. The fraction of sp³-hybridized carbons (Fsp3) is 0.368. The molecule has 2 rings (SSSR count). The maximum atomic E-state index is 13.3. The summed E-state index contributed by atoms with van der Waals surface area (Å²) in [6, 6.07) is 18.0. The van der Waals surface area contributed by atoms with Gasteiger partial charge in [0, 0.05) is 12.1 Å². The van der Waals surface area contributed by atoms with Gasteiger partial charge >= 0.3 is 0 Å². The predicted octanol–water partition coefficient (Wildman–Crippen LogP) is 4.74. The van der Waals surface area contributed by atoms with E-state index in [-0.39, 0.29) is 5.82 Å². The van der Waals surface area contributed by atoms with E-state index in [2.05, 4.69) is 50.4 Å². The second kappa shape index (κ2) is 7.37. The van der Waals surface area contributed by atoms with E-state index in [0.29, 0.717) is 18.0 Å². The Morgan fingerprint density at radius 1 is 0.952 bits per heavy atom. The van der Waals surface area contributed by atoms with Crippen LogP contribution in [0.15, 0.2) is 54.6 Å². The number of hydrogen-bond donors (Lipinski definition) is 1. The summed E-state index contributed by atoms with van der Waals surface area (Å²) in [6.45, 7) is 6.60. The molecule has 0 aromatic heterocycles. The molecule has 112 valence electrons. The Balaban J connectivity index is 2.03. The first-order valence-corrected chi connectivity index (χ1v) is 7.61. The highest BCUT2D eigenvalue weighted by molar-refractivity contribution is 5.21. The van der Waals surface area contributed by atoms with Crippen LogP contribution in [0.2, 0.25) is 0 Å². The van der Waals surface area contributed by atoms with Crippen LogP contribution in [0.3, 0.4) is 0 Å². The maximum Gasteiger partial charge on any atom is 0.123 e. The van der Waals surface area contributed by atoms with Crippen LogP contribution >= 0.6 is 0 Å². The van der Waals surface area contributed by atoms with Gasteiger partial charge in [0.25, 0.3) is 0 Å². The summed E-state index contributed by atoms with van der Waals surface area (Å²) in [5.74, 6) is 0.338. The summed E-state index contributed by atoms with van der Waals surface area (Å²) in [7, 11) is 0. The topological polar surface area (TPSA) is 12.0 Å². The van der Waals surface area contributed by atoms with Crippen molar-refractivity contribution in [1.82, 2.24) is 5.32 Å². The molecule has 2 atom stereocenters. The lowest BCUT2D eigenvalue weighted by Gasteiger charge is -2.27. The molecule has 0 saturated carbocycles. The fourth-order valence-corrected chi connectivity index (χ4v) is 2.72. The fourth-order valence-electron chi connectivity index (χ4n) is 2.72. The van der Waals surface area contributed by atoms with Crippen LogP contribution in [-0.2, 0) is 6.42 Å². The molecule has 2 aromatic carbocycles. The van der Waals surface area contributed by atoms with Gasteiger partial charge in [-0.15, -0.1) is 0 Å².